The number of hydrogen-bond donors (Lipinski definition) is 2. The monoisotopic (exact) mass is 768 g/mol. The summed E-state index contributed by atoms with van der Waals surface area (Å²) in [6.07, 6.45) is 0.290. The second kappa shape index (κ2) is 19.5. The maximum atomic E-state index is 13.6. The minimum absolute atomic E-state index is 0.0136. The number of methoxy groups -OCH3 is 1. The van der Waals surface area contributed by atoms with Crippen LogP contribution in [0.5, 0.6) is 17.2 Å². The van der Waals surface area contributed by atoms with Crippen LogP contribution >= 0.6 is 11.6 Å². The molecule has 0 heterocycles. The van der Waals surface area contributed by atoms with Crippen LogP contribution in [0.4, 0.5) is 18.9 Å². The zero-order valence-electron chi connectivity index (χ0n) is 29.7. The summed E-state index contributed by atoms with van der Waals surface area (Å²) in [6.45, 7) is 1.94. The average molecular weight is 769 g/mol. The number of halogens is 4. The van der Waals surface area contributed by atoms with E-state index in [0.29, 0.717) is 23.5 Å². The first kappa shape index (κ1) is 41.2. The maximum absolute atomic E-state index is 13.6. The first-order chi connectivity index (χ1) is 25.8. The molecule has 14 heteroatoms. The number of carboxylic acid groups (broad SMARTS) is 1. The van der Waals surface area contributed by atoms with Gasteiger partial charge in [0.15, 0.2) is 0 Å². The van der Waals surface area contributed by atoms with Gasteiger partial charge in [0.25, 0.3) is 5.91 Å². The van der Waals surface area contributed by atoms with Crippen LogP contribution in [0.15, 0.2) is 84.9 Å². The molecule has 4 aromatic rings. The van der Waals surface area contributed by atoms with Crippen molar-refractivity contribution in [3.63, 3.8) is 0 Å². The molecule has 2 amide bonds. The molecule has 0 bridgehead atoms. The number of carbonyl (C=O) groups is 4. The number of hydrogen-bond acceptors (Lipinski definition) is 7. The topological polar surface area (TPSA) is 131 Å². The predicted octanol–water partition coefficient (Wildman–Crippen LogP) is 8.84. The fourth-order valence-electron chi connectivity index (χ4n) is 5.41. The van der Waals surface area contributed by atoms with E-state index in [1.807, 2.05) is 0 Å². The third-order valence-corrected chi connectivity index (χ3v) is 8.50. The molecular weight excluding hydrogens is 729 g/mol. The van der Waals surface area contributed by atoms with Gasteiger partial charge in [-0.25, -0.2) is 4.79 Å². The van der Waals surface area contributed by atoms with Crippen LogP contribution in [0.2, 0.25) is 5.02 Å². The van der Waals surface area contributed by atoms with E-state index in [2.05, 4.69) is 12.2 Å². The number of nitrogens with one attached hydrogen (secondary N) is 1. The Hall–Kier alpha value is -5.56. The third kappa shape index (κ3) is 12.3. The molecule has 0 saturated heterocycles. The molecule has 0 aromatic heterocycles. The van der Waals surface area contributed by atoms with Crippen molar-refractivity contribution >= 4 is 41.0 Å². The van der Waals surface area contributed by atoms with Gasteiger partial charge in [0, 0.05) is 12.2 Å². The Morgan fingerprint density at radius 3 is 2.13 bits per heavy atom. The number of rotatable bonds is 18. The highest BCUT2D eigenvalue weighted by molar-refractivity contribution is 6.34. The van der Waals surface area contributed by atoms with E-state index in [9.17, 15) is 37.5 Å². The largest absolute Gasteiger partial charge is 0.497 e. The number of alkyl halides is 3. The number of ether oxygens (including phenoxy) is 3. The van der Waals surface area contributed by atoms with Crippen molar-refractivity contribution in [2.75, 3.05) is 25.6 Å². The van der Waals surface area contributed by atoms with Crippen LogP contribution in [0.25, 0.3) is 0 Å². The van der Waals surface area contributed by atoms with Gasteiger partial charge < -0.3 is 29.5 Å². The summed E-state index contributed by atoms with van der Waals surface area (Å²) >= 11 is 6.38. The predicted molar refractivity (Wildman–Crippen MR) is 196 cm³/mol. The van der Waals surface area contributed by atoms with E-state index >= 15 is 0 Å². The number of anilines is 1. The van der Waals surface area contributed by atoms with Gasteiger partial charge >= 0.3 is 18.1 Å². The summed E-state index contributed by atoms with van der Waals surface area (Å²) in [5.74, 6) is -2.49. The molecule has 286 valence electrons. The molecule has 0 atom stereocenters. The molecule has 0 fully saturated rings. The van der Waals surface area contributed by atoms with Crippen molar-refractivity contribution < 1.29 is 51.7 Å². The highest BCUT2D eigenvalue weighted by Gasteiger charge is 2.34. The number of unbranched alkanes of at least 4 members (excludes halogenated alkanes) is 4. The maximum Gasteiger partial charge on any atom is 0.416 e. The zero-order chi connectivity index (χ0) is 39.3. The van der Waals surface area contributed by atoms with E-state index in [0.717, 1.165) is 29.9 Å². The number of benzene rings is 4. The summed E-state index contributed by atoms with van der Waals surface area (Å²) in [7, 11) is 1.23. The normalized spacial score (nSPS) is 11.1. The Balaban J connectivity index is 1.35. The molecule has 10 nitrogen and oxygen atoms in total. The number of nitrogens with zero attached hydrogens (tertiary/aromatic N) is 1. The van der Waals surface area contributed by atoms with E-state index in [-0.39, 0.29) is 39.9 Å². The molecular formula is C40H40ClF3N2O8. The van der Waals surface area contributed by atoms with E-state index in [1.54, 1.807) is 36.4 Å². The van der Waals surface area contributed by atoms with Crippen molar-refractivity contribution in [2.45, 2.75) is 58.2 Å². The van der Waals surface area contributed by atoms with Gasteiger partial charge in [0.05, 0.1) is 41.9 Å². The van der Waals surface area contributed by atoms with E-state index in [1.165, 1.54) is 62.8 Å². The lowest BCUT2D eigenvalue weighted by Gasteiger charge is -2.22. The minimum atomic E-state index is -4.72. The summed E-state index contributed by atoms with van der Waals surface area (Å²) in [6, 6.07) is 19.9. The Morgan fingerprint density at radius 2 is 1.50 bits per heavy atom. The lowest BCUT2D eigenvalue weighted by Crippen LogP contribution is -2.35. The zero-order valence-corrected chi connectivity index (χ0v) is 30.5. The molecule has 4 rings (SSSR count). The van der Waals surface area contributed by atoms with Gasteiger partial charge in [-0.2, -0.15) is 13.2 Å². The van der Waals surface area contributed by atoms with Crippen molar-refractivity contribution in [3.8, 4) is 17.2 Å². The van der Waals surface area contributed by atoms with Gasteiger partial charge in [-0.1, -0.05) is 62.4 Å². The molecule has 0 unspecified atom stereocenters. The van der Waals surface area contributed by atoms with Crippen LogP contribution in [0.3, 0.4) is 0 Å². The van der Waals surface area contributed by atoms with Crippen LogP contribution in [0, 0.1) is 0 Å². The fourth-order valence-corrected chi connectivity index (χ4v) is 5.67. The van der Waals surface area contributed by atoms with Gasteiger partial charge in [-0.3, -0.25) is 14.4 Å². The third-order valence-electron chi connectivity index (χ3n) is 8.18. The standard InChI is InChI=1S/C40H40ClF3N2O8/c1-3-4-5-6-7-20-53-30-16-10-27(11-17-30)39(51)54-31-14-8-26(9-15-31)24-46(25-37(48)49)38(50)33-19-13-29(22-35(33)41)45-36(47)21-28-12-18-32(52-2)23-34(28)40(42,43)44/h8-19,22-23H,3-7,20-21,24-25H2,1-2H3,(H,45,47)(H,48,49). The quantitative estimate of drug-likeness (QED) is 0.0583. The molecule has 0 radical (unpaired) electrons. The van der Waals surface area contributed by atoms with Gasteiger partial charge in [-0.05, 0) is 84.3 Å². The molecule has 0 spiro atoms. The molecule has 2 N–H and O–H groups in total. The first-order valence-corrected chi connectivity index (χ1v) is 17.5. The van der Waals surface area contributed by atoms with Crippen LogP contribution in [-0.2, 0) is 28.7 Å². The van der Waals surface area contributed by atoms with Gasteiger partial charge in [0.2, 0.25) is 5.91 Å². The number of esters is 1. The minimum Gasteiger partial charge on any atom is -0.497 e. The second-order valence-electron chi connectivity index (χ2n) is 12.3. The van der Waals surface area contributed by atoms with Crippen molar-refractivity contribution in [2.24, 2.45) is 0 Å². The lowest BCUT2D eigenvalue weighted by atomic mass is 10.0. The lowest BCUT2D eigenvalue weighted by molar-refractivity contribution is -0.139. The molecule has 4 aromatic carbocycles. The Morgan fingerprint density at radius 1 is 0.833 bits per heavy atom. The van der Waals surface area contributed by atoms with Crippen LogP contribution < -0.4 is 19.5 Å². The SMILES string of the molecule is CCCCCCCOc1ccc(C(=O)Oc2ccc(CN(CC(=O)O)C(=O)c3ccc(NC(=O)Cc4ccc(OC)cc4C(F)(F)F)cc3Cl)cc2)cc1. The second-order valence-corrected chi connectivity index (χ2v) is 12.7. The number of aliphatic carboxylic acids is 1. The van der Waals surface area contributed by atoms with Gasteiger partial charge in [0.1, 0.15) is 23.8 Å². The van der Waals surface area contributed by atoms with Crippen molar-refractivity contribution in [1.29, 1.82) is 0 Å². The Kier molecular flexibility index (Phi) is 14.9. The van der Waals surface area contributed by atoms with Crippen LogP contribution in [0.1, 0.15) is 76.4 Å². The van der Waals surface area contributed by atoms with Gasteiger partial charge in [-0.15, -0.1) is 0 Å². The molecule has 0 saturated carbocycles. The highest BCUT2D eigenvalue weighted by atomic mass is 35.5. The molecule has 0 aliphatic rings. The number of carbonyl (C=O) groups excluding carboxylic acids is 3. The average Bonchev–Trinajstić information content (AvgIpc) is 3.13. The van der Waals surface area contributed by atoms with E-state index in [4.69, 9.17) is 25.8 Å². The summed E-state index contributed by atoms with van der Waals surface area (Å²) in [5.41, 5.74) is -0.399. The molecule has 0 aliphatic carbocycles. The highest BCUT2D eigenvalue weighted by Crippen LogP contribution is 2.35. The fraction of sp³-hybridized carbons (Fsp3) is 0.300. The number of carboxylic acids is 1. The summed E-state index contributed by atoms with van der Waals surface area (Å²) in [4.78, 5) is 51.6. The van der Waals surface area contributed by atoms with Crippen molar-refractivity contribution in [3.05, 3.63) is 118 Å². The number of amides is 2. The summed E-state index contributed by atoms with van der Waals surface area (Å²) < 4.78 is 56.9. The molecule has 0 aliphatic heterocycles. The smallest absolute Gasteiger partial charge is 0.416 e. The van der Waals surface area contributed by atoms with E-state index < -0.39 is 48.5 Å². The van der Waals surface area contributed by atoms with Crippen LogP contribution in [-0.4, -0.2) is 54.0 Å². The van der Waals surface area contributed by atoms with Crippen molar-refractivity contribution in [1.82, 2.24) is 4.90 Å². The Labute approximate surface area is 315 Å². The first-order valence-electron chi connectivity index (χ1n) is 17.2. The summed E-state index contributed by atoms with van der Waals surface area (Å²) in [5, 5.41) is 11.9. The Bertz CT molecular complexity index is 1920. The molecule has 54 heavy (non-hydrogen) atoms.